The third kappa shape index (κ3) is 3.55. The second-order valence-electron chi connectivity index (χ2n) is 6.22. The second kappa shape index (κ2) is 7.71. The van der Waals surface area contributed by atoms with Crippen molar-refractivity contribution in [2.24, 2.45) is 4.99 Å². The van der Waals surface area contributed by atoms with Crippen molar-refractivity contribution in [3.05, 3.63) is 101 Å². The predicted octanol–water partition coefficient (Wildman–Crippen LogP) is 5.18. The van der Waals surface area contributed by atoms with Crippen LogP contribution in [0.4, 0.5) is 5.69 Å². The van der Waals surface area contributed by atoms with E-state index in [1.54, 1.807) is 30.2 Å². The van der Waals surface area contributed by atoms with Gasteiger partial charge < -0.3 is 4.74 Å². The van der Waals surface area contributed by atoms with Gasteiger partial charge in [0.1, 0.15) is 17.3 Å². The lowest BCUT2D eigenvalue weighted by Gasteiger charge is -2.18. The molecule has 1 amide bonds. The molecule has 138 valence electrons. The van der Waals surface area contributed by atoms with Crippen LogP contribution in [-0.2, 0) is 4.79 Å². The molecule has 0 N–H and O–H groups in total. The molecule has 28 heavy (non-hydrogen) atoms. The molecule has 0 saturated heterocycles. The van der Waals surface area contributed by atoms with Crippen LogP contribution in [0.15, 0.2) is 89.6 Å². The molecule has 0 fully saturated rings. The molecule has 0 saturated carbocycles. The minimum atomic E-state index is -0.182. The van der Waals surface area contributed by atoms with Gasteiger partial charge in [0.2, 0.25) is 0 Å². The van der Waals surface area contributed by atoms with E-state index in [4.69, 9.17) is 16.3 Å². The summed E-state index contributed by atoms with van der Waals surface area (Å²) in [4.78, 5) is 19.5. The van der Waals surface area contributed by atoms with Crippen LogP contribution in [0.3, 0.4) is 0 Å². The number of benzene rings is 3. The third-order valence-electron chi connectivity index (χ3n) is 4.37. The van der Waals surface area contributed by atoms with Crippen molar-refractivity contribution in [1.82, 2.24) is 0 Å². The molecule has 1 aliphatic rings. The predicted molar refractivity (Wildman–Crippen MR) is 113 cm³/mol. The van der Waals surface area contributed by atoms with Crippen molar-refractivity contribution in [1.29, 1.82) is 0 Å². The number of hydrogen-bond acceptors (Lipinski definition) is 3. The first-order chi connectivity index (χ1) is 13.7. The highest BCUT2D eigenvalue weighted by molar-refractivity contribution is 6.34. The highest BCUT2D eigenvalue weighted by Crippen LogP contribution is 2.28. The summed E-state index contributed by atoms with van der Waals surface area (Å²) >= 11 is 6.02. The number of amides is 1. The molecule has 3 aromatic carbocycles. The number of carbonyl (C=O) groups excluding carboxylic acids is 1. The summed E-state index contributed by atoms with van der Waals surface area (Å²) in [6, 6.07) is 24.3. The zero-order valence-electron chi connectivity index (χ0n) is 15.2. The van der Waals surface area contributed by atoms with Crippen LogP contribution in [0.2, 0.25) is 5.02 Å². The molecule has 4 nitrogen and oxygen atoms in total. The Morgan fingerprint density at radius 1 is 0.964 bits per heavy atom. The molecule has 4 rings (SSSR count). The summed E-state index contributed by atoms with van der Waals surface area (Å²) in [5, 5.41) is 0.632. The normalized spacial score (nSPS) is 15.1. The SMILES string of the molecule is COc1cccc(/C=C2/N=C(c3ccc(Cl)cc3)N(c3ccccc3)C2=O)c1. The highest BCUT2D eigenvalue weighted by Gasteiger charge is 2.32. The molecule has 0 radical (unpaired) electrons. The van der Waals surface area contributed by atoms with Gasteiger partial charge in [-0.25, -0.2) is 4.99 Å². The Labute approximate surface area is 168 Å². The Balaban J connectivity index is 1.81. The molecule has 0 spiro atoms. The molecule has 0 atom stereocenters. The fraction of sp³-hybridized carbons (Fsp3) is 0.0435. The van der Waals surface area contributed by atoms with Crippen molar-refractivity contribution in [2.45, 2.75) is 0 Å². The highest BCUT2D eigenvalue weighted by atomic mass is 35.5. The van der Waals surface area contributed by atoms with E-state index < -0.39 is 0 Å². The quantitative estimate of drug-likeness (QED) is 0.577. The molecule has 5 heteroatoms. The van der Waals surface area contributed by atoms with E-state index in [1.807, 2.05) is 66.7 Å². The van der Waals surface area contributed by atoms with Crippen molar-refractivity contribution in [3.8, 4) is 5.75 Å². The van der Waals surface area contributed by atoms with Crippen LogP contribution in [0.5, 0.6) is 5.75 Å². The number of ether oxygens (including phenoxy) is 1. The van der Waals surface area contributed by atoms with Gasteiger partial charge in [0.15, 0.2) is 0 Å². The number of carbonyl (C=O) groups is 1. The maximum Gasteiger partial charge on any atom is 0.282 e. The van der Waals surface area contributed by atoms with E-state index in [0.29, 0.717) is 16.6 Å². The zero-order valence-corrected chi connectivity index (χ0v) is 15.9. The summed E-state index contributed by atoms with van der Waals surface area (Å²) in [5.74, 6) is 1.11. The third-order valence-corrected chi connectivity index (χ3v) is 4.63. The van der Waals surface area contributed by atoms with Gasteiger partial charge >= 0.3 is 0 Å². The largest absolute Gasteiger partial charge is 0.497 e. The van der Waals surface area contributed by atoms with Crippen LogP contribution < -0.4 is 9.64 Å². The molecule has 1 heterocycles. The summed E-state index contributed by atoms with van der Waals surface area (Å²) in [5.41, 5.74) is 2.78. The van der Waals surface area contributed by atoms with Crippen LogP contribution in [0.25, 0.3) is 6.08 Å². The number of amidine groups is 1. The lowest BCUT2D eigenvalue weighted by Crippen LogP contribution is -2.32. The van der Waals surface area contributed by atoms with Crippen LogP contribution in [0, 0.1) is 0 Å². The summed E-state index contributed by atoms with van der Waals surface area (Å²) < 4.78 is 5.27. The first kappa shape index (κ1) is 18.0. The smallest absolute Gasteiger partial charge is 0.282 e. The lowest BCUT2D eigenvalue weighted by molar-refractivity contribution is -0.113. The minimum absolute atomic E-state index is 0.182. The number of anilines is 1. The number of hydrogen-bond donors (Lipinski definition) is 0. The molecular formula is C23H17ClN2O2. The van der Waals surface area contributed by atoms with Crippen molar-refractivity contribution < 1.29 is 9.53 Å². The minimum Gasteiger partial charge on any atom is -0.497 e. The number of aliphatic imine (C=N–C) groups is 1. The average molecular weight is 389 g/mol. The molecule has 0 unspecified atom stereocenters. The van der Waals surface area contributed by atoms with Gasteiger partial charge in [-0.3, -0.25) is 9.69 Å². The lowest BCUT2D eigenvalue weighted by atomic mass is 10.1. The molecule has 0 aliphatic carbocycles. The van der Waals surface area contributed by atoms with Gasteiger partial charge in [0, 0.05) is 10.6 Å². The van der Waals surface area contributed by atoms with E-state index in [9.17, 15) is 4.79 Å². The van der Waals surface area contributed by atoms with E-state index in [0.717, 1.165) is 22.6 Å². The number of para-hydroxylation sites is 1. The maximum atomic E-state index is 13.2. The van der Waals surface area contributed by atoms with Gasteiger partial charge in [0.05, 0.1) is 12.8 Å². The molecular weight excluding hydrogens is 372 g/mol. The number of rotatable bonds is 4. The number of halogens is 1. The van der Waals surface area contributed by atoms with Crippen molar-refractivity contribution >= 4 is 35.1 Å². The molecule has 3 aromatic rings. The monoisotopic (exact) mass is 388 g/mol. The number of methoxy groups -OCH3 is 1. The Morgan fingerprint density at radius 3 is 2.43 bits per heavy atom. The van der Waals surface area contributed by atoms with E-state index in [2.05, 4.69) is 4.99 Å². The summed E-state index contributed by atoms with van der Waals surface area (Å²) in [6.45, 7) is 0. The standard InChI is InChI=1S/C23H17ClN2O2/c1-28-20-9-5-6-16(14-20)15-21-23(27)26(19-7-3-2-4-8-19)22(25-21)17-10-12-18(24)13-11-17/h2-15H,1H3/b21-15+. The number of nitrogens with zero attached hydrogens (tertiary/aromatic N) is 2. The van der Waals surface area contributed by atoms with Crippen LogP contribution >= 0.6 is 11.6 Å². The van der Waals surface area contributed by atoms with E-state index in [-0.39, 0.29) is 5.91 Å². The van der Waals surface area contributed by atoms with Gasteiger partial charge in [0.25, 0.3) is 5.91 Å². The van der Waals surface area contributed by atoms with Crippen LogP contribution in [-0.4, -0.2) is 18.9 Å². The second-order valence-corrected chi connectivity index (χ2v) is 6.66. The van der Waals surface area contributed by atoms with E-state index >= 15 is 0 Å². The van der Waals surface area contributed by atoms with Gasteiger partial charge in [-0.05, 0) is 60.2 Å². The van der Waals surface area contributed by atoms with Crippen molar-refractivity contribution in [2.75, 3.05) is 12.0 Å². The topological polar surface area (TPSA) is 41.9 Å². The molecule has 1 aliphatic heterocycles. The summed E-state index contributed by atoms with van der Waals surface area (Å²) in [7, 11) is 1.61. The summed E-state index contributed by atoms with van der Waals surface area (Å²) in [6.07, 6.45) is 1.77. The van der Waals surface area contributed by atoms with Gasteiger partial charge in [-0.2, -0.15) is 0 Å². The fourth-order valence-corrected chi connectivity index (χ4v) is 3.14. The fourth-order valence-electron chi connectivity index (χ4n) is 3.02. The van der Waals surface area contributed by atoms with Gasteiger partial charge in [-0.1, -0.05) is 41.9 Å². The Bertz CT molecular complexity index is 1070. The Morgan fingerprint density at radius 2 is 1.71 bits per heavy atom. The maximum absolute atomic E-state index is 13.2. The first-order valence-electron chi connectivity index (χ1n) is 8.75. The van der Waals surface area contributed by atoms with E-state index in [1.165, 1.54) is 0 Å². The first-order valence-corrected chi connectivity index (χ1v) is 9.13. The Hall–Kier alpha value is -3.37. The molecule has 0 aromatic heterocycles. The van der Waals surface area contributed by atoms with Crippen molar-refractivity contribution in [3.63, 3.8) is 0 Å². The molecule has 0 bridgehead atoms. The average Bonchev–Trinajstić information content (AvgIpc) is 3.05. The van der Waals surface area contributed by atoms with Gasteiger partial charge in [-0.15, -0.1) is 0 Å². The Kier molecular flexibility index (Phi) is 4.96. The zero-order chi connectivity index (χ0) is 19.5. The van der Waals surface area contributed by atoms with Crippen LogP contribution in [0.1, 0.15) is 11.1 Å².